The van der Waals surface area contributed by atoms with E-state index in [4.69, 9.17) is 4.74 Å². The average Bonchev–Trinajstić information content (AvgIpc) is 3.24. The molecule has 25 heavy (non-hydrogen) atoms. The third-order valence-electron chi connectivity index (χ3n) is 4.97. The second kappa shape index (κ2) is 6.10. The summed E-state index contributed by atoms with van der Waals surface area (Å²) in [6, 6.07) is 10.9. The molecule has 6 nitrogen and oxygen atoms in total. The summed E-state index contributed by atoms with van der Waals surface area (Å²) in [6.07, 6.45) is 5.28. The number of hydrogen-bond donors (Lipinski definition) is 0. The number of non-ortho nitro benzene ring substituents is 1. The van der Waals surface area contributed by atoms with E-state index in [0.29, 0.717) is 12.0 Å². The van der Waals surface area contributed by atoms with Crippen molar-refractivity contribution in [2.24, 2.45) is 0 Å². The van der Waals surface area contributed by atoms with Crippen LogP contribution in [0.4, 0.5) is 5.69 Å². The van der Waals surface area contributed by atoms with Gasteiger partial charge in [0.05, 0.1) is 11.0 Å². The van der Waals surface area contributed by atoms with Crippen LogP contribution in [0.3, 0.4) is 0 Å². The van der Waals surface area contributed by atoms with E-state index < -0.39 is 4.92 Å². The highest BCUT2D eigenvalue weighted by Gasteiger charge is 2.29. The Morgan fingerprint density at radius 2 is 2.00 bits per heavy atom. The zero-order chi connectivity index (χ0) is 17.4. The summed E-state index contributed by atoms with van der Waals surface area (Å²) in [5.74, 6) is 0.789. The molecule has 0 atom stereocenters. The summed E-state index contributed by atoms with van der Waals surface area (Å²) in [7, 11) is 0. The fraction of sp³-hybridized carbons (Fsp3) is 0.316. The fourth-order valence-electron chi connectivity index (χ4n) is 3.81. The van der Waals surface area contributed by atoms with Crippen LogP contribution in [-0.2, 0) is 6.42 Å². The Labute approximate surface area is 144 Å². The summed E-state index contributed by atoms with van der Waals surface area (Å²) in [5, 5.41) is 24.6. The normalized spacial score (nSPS) is 15.2. The molecule has 0 heterocycles. The van der Waals surface area contributed by atoms with Crippen molar-refractivity contribution in [3.63, 3.8) is 0 Å². The molecule has 2 aromatic carbocycles. The Kier molecular flexibility index (Phi) is 3.77. The molecule has 0 saturated heterocycles. The maximum atomic E-state index is 11.1. The van der Waals surface area contributed by atoms with Crippen LogP contribution in [0.25, 0.3) is 16.1 Å². The minimum Gasteiger partial charge on any atom is -0.498 e. The molecule has 0 N–H and O–H groups in total. The Bertz CT molecular complexity index is 921. The summed E-state index contributed by atoms with van der Waals surface area (Å²) in [6.45, 7) is 0. The zero-order valence-corrected chi connectivity index (χ0v) is 13.5. The van der Waals surface area contributed by atoms with Gasteiger partial charge in [0.1, 0.15) is 11.3 Å². The van der Waals surface area contributed by atoms with Gasteiger partial charge >= 0.3 is 6.07 Å². The molecule has 2 aromatic rings. The van der Waals surface area contributed by atoms with Gasteiger partial charge in [0, 0.05) is 34.7 Å². The Hall–Kier alpha value is -3.07. The molecule has 0 bridgehead atoms. The number of nitrogens with zero attached hydrogens (tertiary/aromatic N) is 2. The van der Waals surface area contributed by atoms with Crippen LogP contribution in [0.15, 0.2) is 30.3 Å². The lowest BCUT2D eigenvalue weighted by atomic mass is 9.99. The Morgan fingerprint density at radius 1 is 1.20 bits per heavy atom. The molecule has 1 saturated carbocycles. The molecule has 0 aliphatic heterocycles. The number of ether oxygens (including phenoxy) is 1. The molecule has 4 rings (SSSR count). The van der Waals surface area contributed by atoms with Crippen LogP contribution < -0.4 is 4.74 Å². The lowest BCUT2D eigenvalue weighted by molar-refractivity contribution is -0.384. The number of nitro groups is 1. The van der Waals surface area contributed by atoms with E-state index >= 15 is 0 Å². The van der Waals surface area contributed by atoms with Crippen LogP contribution in [0.2, 0.25) is 0 Å². The second-order valence-corrected chi connectivity index (χ2v) is 6.47. The average molecular weight is 336 g/mol. The number of fused-ring (bicyclic) bond motifs is 3. The minimum absolute atomic E-state index is 0.0266. The smallest absolute Gasteiger partial charge is 0.337 e. The number of rotatable bonds is 3. The lowest BCUT2D eigenvalue weighted by Crippen LogP contribution is -2.12. The zero-order valence-electron chi connectivity index (χ0n) is 13.5. The number of nitro benzene ring substituents is 1. The molecular weight excluding hydrogens is 320 g/mol. The molecule has 126 valence electrons. The van der Waals surface area contributed by atoms with Gasteiger partial charge in [0.2, 0.25) is 0 Å². The standard InChI is InChI=1S/C19H16N2O4/c22-20-11-13-6-8-18(25-15-3-1-2-4-15)17-9-12-5-7-14(21(23)24)10-16(12)19(13)17/h5-8,10,15H,1-4,9H2. The number of benzene rings is 2. The third-order valence-corrected chi connectivity index (χ3v) is 4.97. The molecule has 2 aliphatic rings. The first-order valence-electron chi connectivity index (χ1n) is 8.36. The van der Waals surface area contributed by atoms with Crippen LogP contribution in [0, 0.1) is 21.4 Å². The first kappa shape index (κ1) is 15.5. The van der Waals surface area contributed by atoms with E-state index in [1.165, 1.54) is 18.9 Å². The van der Waals surface area contributed by atoms with E-state index in [9.17, 15) is 15.3 Å². The van der Waals surface area contributed by atoms with Crippen molar-refractivity contribution in [2.45, 2.75) is 38.2 Å². The molecule has 0 radical (unpaired) electrons. The molecule has 0 spiro atoms. The SMILES string of the molecule is O=[N+]([O-])c1ccc2c(c1)-c1c(C#[N+][O-])ccc(OC3CCCC3)c1C2. The van der Waals surface area contributed by atoms with Gasteiger partial charge in [0.15, 0.2) is 0 Å². The number of hydrogen-bond acceptors (Lipinski definition) is 4. The van der Waals surface area contributed by atoms with Gasteiger partial charge < -0.3 is 9.94 Å². The van der Waals surface area contributed by atoms with Gasteiger partial charge in [-0.05, 0) is 48.9 Å². The van der Waals surface area contributed by atoms with Crippen molar-refractivity contribution in [3.05, 3.63) is 67.4 Å². The maximum absolute atomic E-state index is 11.1. The Balaban J connectivity index is 1.84. The Morgan fingerprint density at radius 3 is 2.72 bits per heavy atom. The van der Waals surface area contributed by atoms with Crippen LogP contribution >= 0.6 is 0 Å². The summed E-state index contributed by atoms with van der Waals surface area (Å²) < 4.78 is 6.19. The molecule has 1 fully saturated rings. The van der Waals surface area contributed by atoms with E-state index in [2.05, 4.69) is 11.1 Å². The van der Waals surface area contributed by atoms with Gasteiger partial charge in [-0.3, -0.25) is 10.1 Å². The minimum atomic E-state index is -0.414. The van der Waals surface area contributed by atoms with Gasteiger partial charge in [0.25, 0.3) is 5.69 Å². The van der Waals surface area contributed by atoms with Crippen LogP contribution in [-0.4, -0.2) is 11.0 Å². The third kappa shape index (κ3) is 2.68. The monoisotopic (exact) mass is 336 g/mol. The van der Waals surface area contributed by atoms with Gasteiger partial charge in [-0.15, -0.1) is 0 Å². The topological polar surface area (TPSA) is 79.8 Å². The quantitative estimate of drug-likeness (QED) is 0.514. The van der Waals surface area contributed by atoms with Crippen LogP contribution in [0.1, 0.15) is 42.4 Å². The van der Waals surface area contributed by atoms with Crippen molar-refractivity contribution in [2.75, 3.05) is 0 Å². The summed E-state index contributed by atoms with van der Waals surface area (Å²) >= 11 is 0. The highest BCUT2D eigenvalue weighted by Crippen LogP contribution is 2.45. The second-order valence-electron chi connectivity index (χ2n) is 6.47. The molecule has 0 aromatic heterocycles. The molecule has 0 unspecified atom stereocenters. The van der Waals surface area contributed by atoms with Gasteiger partial charge in [-0.1, -0.05) is 6.07 Å². The van der Waals surface area contributed by atoms with Crippen molar-refractivity contribution >= 4 is 5.69 Å². The van der Waals surface area contributed by atoms with Crippen molar-refractivity contribution < 1.29 is 9.66 Å². The van der Waals surface area contributed by atoms with Gasteiger partial charge in [-0.2, -0.15) is 0 Å². The van der Waals surface area contributed by atoms with Crippen LogP contribution in [0.5, 0.6) is 5.75 Å². The van der Waals surface area contributed by atoms with E-state index in [1.54, 1.807) is 18.2 Å². The van der Waals surface area contributed by atoms with E-state index in [0.717, 1.165) is 40.8 Å². The largest absolute Gasteiger partial charge is 0.498 e. The van der Waals surface area contributed by atoms with E-state index in [-0.39, 0.29) is 11.8 Å². The predicted molar refractivity (Wildman–Crippen MR) is 93.9 cm³/mol. The summed E-state index contributed by atoms with van der Waals surface area (Å²) in [4.78, 5) is 10.7. The summed E-state index contributed by atoms with van der Waals surface area (Å²) in [5.41, 5.74) is 4.04. The predicted octanol–water partition coefficient (Wildman–Crippen LogP) is 4.67. The molecule has 0 amide bonds. The lowest BCUT2D eigenvalue weighted by Gasteiger charge is -2.16. The highest BCUT2D eigenvalue weighted by atomic mass is 16.6. The van der Waals surface area contributed by atoms with Crippen molar-refractivity contribution in [1.82, 2.24) is 0 Å². The van der Waals surface area contributed by atoms with E-state index in [1.807, 2.05) is 6.07 Å². The molecular formula is C19H16N2O4. The first-order valence-corrected chi connectivity index (χ1v) is 8.36. The molecule has 6 heteroatoms. The maximum Gasteiger partial charge on any atom is 0.337 e. The molecule has 2 aliphatic carbocycles. The van der Waals surface area contributed by atoms with Crippen molar-refractivity contribution in [3.8, 4) is 22.9 Å². The fourth-order valence-corrected chi connectivity index (χ4v) is 3.81. The van der Waals surface area contributed by atoms with Crippen molar-refractivity contribution in [1.29, 1.82) is 0 Å². The van der Waals surface area contributed by atoms with Gasteiger partial charge in [-0.25, -0.2) is 0 Å². The first-order chi connectivity index (χ1) is 12.2. The highest BCUT2D eigenvalue weighted by molar-refractivity contribution is 5.85.